The molecule has 2 aromatic carbocycles. The second-order valence-corrected chi connectivity index (χ2v) is 16.0. The summed E-state index contributed by atoms with van der Waals surface area (Å²) in [5.74, 6) is -3.35. The normalized spacial score (nSPS) is 15.2. The first kappa shape index (κ1) is 47.7. The molecule has 2 aromatic rings. The molecule has 1 aliphatic carbocycles. The van der Waals surface area contributed by atoms with Crippen LogP contribution in [0.2, 0.25) is 0 Å². The van der Waals surface area contributed by atoms with Gasteiger partial charge >= 0.3 is 12.1 Å². The van der Waals surface area contributed by atoms with Crippen LogP contribution in [0.25, 0.3) is 0 Å². The number of β-lactam (4-membered cyclic amide) rings is 1. The van der Waals surface area contributed by atoms with Gasteiger partial charge in [-0.2, -0.15) is 0 Å². The third-order valence-corrected chi connectivity index (χ3v) is 10.9. The molecular formula is C44H58N6O11. The highest BCUT2D eigenvalue weighted by molar-refractivity contribution is 5.99. The van der Waals surface area contributed by atoms with Crippen molar-refractivity contribution in [3.63, 3.8) is 0 Å². The number of ketones is 3. The van der Waals surface area contributed by atoms with Gasteiger partial charge in [0, 0.05) is 50.4 Å². The zero-order valence-electron chi connectivity index (χ0n) is 35.2. The minimum absolute atomic E-state index is 0.0619. The number of carbonyl (C=O) groups excluding carboxylic acids is 9. The molecule has 330 valence electrons. The summed E-state index contributed by atoms with van der Waals surface area (Å²) in [6, 6.07) is 12.1. The van der Waals surface area contributed by atoms with Crippen molar-refractivity contribution < 1.29 is 52.6 Å². The molecule has 1 saturated heterocycles. The molecule has 7 amide bonds. The third-order valence-electron chi connectivity index (χ3n) is 10.9. The van der Waals surface area contributed by atoms with E-state index in [9.17, 15) is 43.2 Å². The molecule has 2 fully saturated rings. The number of hydrogen-bond donors (Lipinski definition) is 5. The Morgan fingerprint density at radius 2 is 1.54 bits per heavy atom. The van der Waals surface area contributed by atoms with E-state index in [1.54, 1.807) is 50.2 Å². The van der Waals surface area contributed by atoms with E-state index in [1.165, 1.54) is 11.8 Å². The molecule has 0 aromatic heterocycles. The number of anilines is 1. The van der Waals surface area contributed by atoms with Crippen LogP contribution in [0.1, 0.15) is 95.2 Å². The van der Waals surface area contributed by atoms with Crippen LogP contribution in [0.5, 0.6) is 0 Å². The van der Waals surface area contributed by atoms with Crippen molar-refractivity contribution in [3.05, 3.63) is 65.2 Å². The summed E-state index contributed by atoms with van der Waals surface area (Å²) in [4.78, 5) is 113. The van der Waals surface area contributed by atoms with Crippen molar-refractivity contribution in [2.75, 3.05) is 31.6 Å². The van der Waals surface area contributed by atoms with Crippen LogP contribution >= 0.6 is 0 Å². The third kappa shape index (κ3) is 15.2. The number of benzene rings is 2. The molecule has 2 atom stereocenters. The van der Waals surface area contributed by atoms with E-state index in [0.29, 0.717) is 49.9 Å². The maximum atomic E-state index is 13.6. The highest BCUT2D eigenvalue weighted by Gasteiger charge is 2.40. The Hall–Kier alpha value is -5.97. The summed E-state index contributed by atoms with van der Waals surface area (Å²) in [7, 11) is 0. The summed E-state index contributed by atoms with van der Waals surface area (Å²) < 4.78 is 10.7. The van der Waals surface area contributed by atoms with Crippen LogP contribution < -0.4 is 27.0 Å². The van der Waals surface area contributed by atoms with E-state index < -0.39 is 48.0 Å². The molecule has 1 saturated carbocycles. The van der Waals surface area contributed by atoms with Crippen LogP contribution in [0, 0.1) is 11.8 Å². The van der Waals surface area contributed by atoms with Crippen molar-refractivity contribution in [1.82, 2.24) is 20.9 Å². The zero-order chi connectivity index (χ0) is 44.5. The summed E-state index contributed by atoms with van der Waals surface area (Å²) in [5.41, 5.74) is 6.98. The van der Waals surface area contributed by atoms with Crippen LogP contribution in [-0.4, -0.2) is 95.9 Å². The molecule has 4 rings (SSSR count). The Kier molecular flexibility index (Phi) is 18.1. The number of ether oxygens (including phenoxy) is 2. The highest BCUT2D eigenvalue weighted by Crippen LogP contribution is 2.30. The topological polar surface area (TPSA) is 249 Å². The molecule has 17 nitrogen and oxygen atoms in total. The summed E-state index contributed by atoms with van der Waals surface area (Å²) in [6.07, 6.45) is 3.65. The number of aryl methyl sites for hydroxylation is 1. The minimum atomic E-state index is -0.957. The number of amides is 7. The number of nitrogens with zero attached hydrogens (tertiary/aromatic N) is 1. The molecular weight excluding hydrogens is 789 g/mol. The lowest BCUT2D eigenvalue weighted by Crippen LogP contribution is -2.51. The number of urea groups is 1. The predicted octanol–water partition coefficient (Wildman–Crippen LogP) is 3.44. The SMILES string of the molecule is CC(=O)C1(NC(=O)OCc2ccc(NC(=O)[C@H](CCCNC(N)=O)CC(=O)[C@@H](NC(=O)COCC(=O)Cc3ccc(CCC(=O)N4CCC4=O)cc3)C(C)C)cc2)CCCC1. The number of primary amides is 1. The maximum Gasteiger partial charge on any atom is 0.408 e. The number of alkyl carbamates (subject to hydrolysis) is 1. The summed E-state index contributed by atoms with van der Waals surface area (Å²) >= 11 is 0. The van der Waals surface area contributed by atoms with Crippen molar-refractivity contribution >= 4 is 58.8 Å². The summed E-state index contributed by atoms with van der Waals surface area (Å²) in [5, 5.41) is 10.7. The number of Topliss-reactive ketones (excluding diaryl/α,β-unsaturated/α-hetero) is 3. The van der Waals surface area contributed by atoms with Gasteiger partial charge in [0.1, 0.15) is 25.4 Å². The second kappa shape index (κ2) is 23.1. The lowest BCUT2D eigenvalue weighted by atomic mass is 9.89. The van der Waals surface area contributed by atoms with Gasteiger partial charge in [0.05, 0.1) is 6.04 Å². The van der Waals surface area contributed by atoms with E-state index in [2.05, 4.69) is 21.3 Å². The number of rotatable bonds is 24. The molecule has 2 aliphatic rings. The molecule has 1 heterocycles. The molecule has 17 heteroatoms. The largest absolute Gasteiger partial charge is 0.445 e. The fraction of sp³-hybridized carbons (Fsp3) is 0.523. The average molecular weight is 847 g/mol. The van der Waals surface area contributed by atoms with E-state index in [-0.39, 0.29) is 80.5 Å². The van der Waals surface area contributed by atoms with Gasteiger partial charge in [-0.25, -0.2) is 9.59 Å². The monoisotopic (exact) mass is 846 g/mol. The number of nitrogens with two attached hydrogens (primary N) is 1. The van der Waals surface area contributed by atoms with Gasteiger partial charge in [0.15, 0.2) is 17.3 Å². The van der Waals surface area contributed by atoms with Gasteiger partial charge < -0.3 is 36.5 Å². The first-order valence-corrected chi connectivity index (χ1v) is 20.8. The Morgan fingerprint density at radius 1 is 0.885 bits per heavy atom. The van der Waals surface area contributed by atoms with Crippen LogP contribution in [0.15, 0.2) is 48.5 Å². The number of carbonyl (C=O) groups is 9. The minimum Gasteiger partial charge on any atom is -0.445 e. The molecule has 0 spiro atoms. The second-order valence-electron chi connectivity index (χ2n) is 16.0. The van der Waals surface area contributed by atoms with Crippen molar-refractivity contribution in [3.8, 4) is 0 Å². The van der Waals surface area contributed by atoms with Gasteiger partial charge in [-0.3, -0.25) is 38.5 Å². The van der Waals surface area contributed by atoms with Crippen molar-refractivity contribution in [2.45, 2.75) is 110 Å². The quantitative estimate of drug-likeness (QED) is 0.0756. The maximum absolute atomic E-state index is 13.6. The number of likely N-dealkylation sites (tertiary alicyclic amines) is 1. The van der Waals surface area contributed by atoms with E-state index in [0.717, 1.165) is 24.0 Å². The van der Waals surface area contributed by atoms with Crippen LogP contribution in [0.4, 0.5) is 15.3 Å². The Morgan fingerprint density at radius 3 is 2.13 bits per heavy atom. The Labute approximate surface area is 355 Å². The Balaban J connectivity index is 1.24. The molecule has 6 N–H and O–H groups in total. The van der Waals surface area contributed by atoms with Gasteiger partial charge in [0.2, 0.25) is 23.6 Å². The molecule has 1 aliphatic heterocycles. The summed E-state index contributed by atoms with van der Waals surface area (Å²) in [6.45, 7) is 4.74. The average Bonchev–Trinajstić information content (AvgIpc) is 3.69. The molecule has 0 bridgehead atoms. The number of imide groups is 1. The highest BCUT2D eigenvalue weighted by atomic mass is 16.5. The first-order chi connectivity index (χ1) is 29.0. The first-order valence-electron chi connectivity index (χ1n) is 20.8. The predicted molar refractivity (Wildman–Crippen MR) is 223 cm³/mol. The molecule has 0 radical (unpaired) electrons. The number of nitrogens with one attached hydrogen (secondary N) is 4. The van der Waals surface area contributed by atoms with Crippen LogP contribution in [-0.2, 0) is 62.5 Å². The van der Waals surface area contributed by atoms with Gasteiger partial charge in [-0.05, 0) is 73.8 Å². The fourth-order valence-corrected chi connectivity index (χ4v) is 7.27. The molecule has 0 unspecified atom stereocenters. The van der Waals surface area contributed by atoms with Gasteiger partial charge in [0.25, 0.3) is 0 Å². The van der Waals surface area contributed by atoms with Crippen molar-refractivity contribution in [2.24, 2.45) is 17.6 Å². The van der Waals surface area contributed by atoms with Gasteiger partial charge in [-0.15, -0.1) is 0 Å². The lowest BCUT2D eigenvalue weighted by molar-refractivity contribution is -0.152. The smallest absolute Gasteiger partial charge is 0.408 e. The Bertz CT molecular complexity index is 1910. The van der Waals surface area contributed by atoms with Crippen LogP contribution in [0.3, 0.4) is 0 Å². The van der Waals surface area contributed by atoms with Gasteiger partial charge in [-0.1, -0.05) is 63.1 Å². The standard InChI is InChI=1S/C44H58N6O11/c1-28(2)40(48-37(54)27-60-26-35(52)23-31-10-8-30(9-11-31)14-17-38(55)50-22-18-39(50)56)36(53)24-33(7-6-21-46-42(45)58)41(57)47-34-15-12-32(13-16-34)25-61-43(59)49-44(29(3)51)19-4-5-20-44/h8-13,15-16,28,33,40H,4-7,14,17-27H2,1-3H3,(H,47,57)(H,48,54)(H,49,59)(H3,45,46,58)/t33-,40+/m1/s1. The van der Waals surface area contributed by atoms with Crippen molar-refractivity contribution in [1.29, 1.82) is 0 Å². The number of hydrogen-bond acceptors (Lipinski definition) is 11. The molecule has 61 heavy (non-hydrogen) atoms. The van der Waals surface area contributed by atoms with E-state index in [4.69, 9.17) is 15.2 Å². The lowest BCUT2D eigenvalue weighted by Gasteiger charge is -2.28. The zero-order valence-corrected chi connectivity index (χ0v) is 35.2. The van der Waals surface area contributed by atoms with E-state index in [1.807, 2.05) is 12.1 Å². The fourth-order valence-electron chi connectivity index (χ4n) is 7.27. The van der Waals surface area contributed by atoms with E-state index >= 15 is 0 Å².